The van der Waals surface area contributed by atoms with Crippen LogP contribution in [0.1, 0.15) is 24.4 Å². The highest BCUT2D eigenvalue weighted by atomic mass is 19.4. The van der Waals surface area contributed by atoms with E-state index in [9.17, 15) is 18.0 Å². The maximum atomic E-state index is 13.3. The molecular weight excluding hydrogens is 321 g/mol. The van der Waals surface area contributed by atoms with Crippen LogP contribution >= 0.6 is 0 Å². The zero-order chi connectivity index (χ0) is 17.5. The third-order valence-corrected chi connectivity index (χ3v) is 3.54. The number of hydrogen-bond donors (Lipinski definition) is 1. The van der Waals surface area contributed by atoms with E-state index in [4.69, 9.17) is 5.73 Å². The van der Waals surface area contributed by atoms with E-state index in [0.717, 1.165) is 10.6 Å². The first kappa shape index (κ1) is 16.1. The number of halogens is 3. The average Bonchev–Trinajstić information content (AvgIpc) is 2.54. The summed E-state index contributed by atoms with van der Waals surface area (Å²) in [7, 11) is 0. The fourth-order valence-corrected chi connectivity index (χ4v) is 2.52. The maximum absolute atomic E-state index is 13.3. The van der Waals surface area contributed by atoms with Crippen molar-refractivity contribution < 1.29 is 13.2 Å². The number of nitrogens with two attached hydrogens (primary N) is 1. The van der Waals surface area contributed by atoms with E-state index >= 15 is 0 Å². The molecule has 8 heteroatoms. The van der Waals surface area contributed by atoms with Crippen LogP contribution in [0.3, 0.4) is 0 Å². The van der Waals surface area contributed by atoms with E-state index < -0.39 is 28.7 Å². The molecular formula is C16H13F3N4O. The molecule has 124 valence electrons. The normalized spacial score (nSPS) is 13.2. The second-order valence-corrected chi connectivity index (χ2v) is 5.31. The van der Waals surface area contributed by atoms with Gasteiger partial charge in [-0.3, -0.25) is 14.3 Å². The predicted octanol–water partition coefficient (Wildman–Crippen LogP) is 2.82. The zero-order valence-electron chi connectivity index (χ0n) is 12.6. The molecule has 0 bridgehead atoms. The smallest absolute Gasteiger partial charge is 0.322 e. The Morgan fingerprint density at radius 3 is 2.54 bits per heavy atom. The number of nitrogens with zero attached hydrogens (tertiary/aromatic N) is 3. The number of alkyl halides is 3. The summed E-state index contributed by atoms with van der Waals surface area (Å²) in [6, 6.07) is 5.93. The number of hydrogen-bond acceptors (Lipinski definition) is 4. The molecule has 0 amide bonds. The third kappa shape index (κ3) is 2.65. The summed E-state index contributed by atoms with van der Waals surface area (Å²) in [5.74, 6) is 0.167. The monoisotopic (exact) mass is 334 g/mol. The standard InChI is InChI=1S/C16H13F3N4O/c1-9(20)14-22-12-6-2-5-11(16(17,18)19)13(12)15(24)23(14)10-4-3-7-21-8-10/h2-9H,20H2,1H3. The van der Waals surface area contributed by atoms with E-state index in [1.165, 1.54) is 24.5 Å². The topological polar surface area (TPSA) is 73.8 Å². The van der Waals surface area contributed by atoms with Crippen molar-refractivity contribution in [3.63, 3.8) is 0 Å². The van der Waals surface area contributed by atoms with Crippen molar-refractivity contribution in [2.24, 2.45) is 5.73 Å². The number of pyridine rings is 1. The summed E-state index contributed by atoms with van der Waals surface area (Å²) in [6.45, 7) is 1.61. The summed E-state index contributed by atoms with van der Waals surface area (Å²) in [5.41, 5.74) is 4.29. The lowest BCUT2D eigenvalue weighted by Gasteiger charge is -2.17. The minimum atomic E-state index is -4.66. The molecule has 0 radical (unpaired) electrons. The molecule has 0 saturated carbocycles. The van der Waals surface area contributed by atoms with Crippen molar-refractivity contribution in [1.29, 1.82) is 0 Å². The van der Waals surface area contributed by atoms with Crippen LogP contribution in [-0.4, -0.2) is 14.5 Å². The molecule has 2 aromatic heterocycles. The number of rotatable bonds is 2. The van der Waals surface area contributed by atoms with E-state index in [1.807, 2.05) is 0 Å². The number of benzene rings is 1. The predicted molar refractivity (Wildman–Crippen MR) is 82.7 cm³/mol. The van der Waals surface area contributed by atoms with Gasteiger partial charge in [0.15, 0.2) is 0 Å². The maximum Gasteiger partial charge on any atom is 0.417 e. The van der Waals surface area contributed by atoms with Crippen LogP contribution < -0.4 is 11.3 Å². The van der Waals surface area contributed by atoms with E-state index in [-0.39, 0.29) is 11.3 Å². The van der Waals surface area contributed by atoms with Crippen LogP contribution in [0, 0.1) is 0 Å². The molecule has 0 spiro atoms. The molecule has 24 heavy (non-hydrogen) atoms. The van der Waals surface area contributed by atoms with Crippen LogP contribution in [0.2, 0.25) is 0 Å². The highest BCUT2D eigenvalue weighted by molar-refractivity contribution is 5.82. The average molecular weight is 334 g/mol. The molecule has 3 aromatic rings. The zero-order valence-corrected chi connectivity index (χ0v) is 12.6. The van der Waals surface area contributed by atoms with Gasteiger partial charge >= 0.3 is 6.18 Å². The van der Waals surface area contributed by atoms with Gasteiger partial charge in [-0.2, -0.15) is 13.2 Å². The van der Waals surface area contributed by atoms with Gasteiger partial charge in [-0.1, -0.05) is 6.07 Å². The fourth-order valence-electron chi connectivity index (χ4n) is 2.52. The van der Waals surface area contributed by atoms with Crippen molar-refractivity contribution in [2.75, 3.05) is 0 Å². The molecule has 0 fully saturated rings. The molecule has 0 aliphatic heterocycles. The molecule has 1 atom stereocenters. The van der Waals surface area contributed by atoms with Crippen LogP contribution in [0.15, 0.2) is 47.5 Å². The van der Waals surface area contributed by atoms with Gasteiger partial charge in [-0.05, 0) is 31.2 Å². The second kappa shape index (κ2) is 5.72. The van der Waals surface area contributed by atoms with Crippen molar-refractivity contribution in [3.05, 3.63) is 64.5 Å². The van der Waals surface area contributed by atoms with Gasteiger partial charge in [-0.15, -0.1) is 0 Å². The Labute approximate surface area is 134 Å². The molecule has 0 aliphatic rings. The van der Waals surface area contributed by atoms with Crippen molar-refractivity contribution in [3.8, 4) is 5.69 Å². The number of aromatic nitrogens is 3. The lowest BCUT2D eigenvalue weighted by Crippen LogP contribution is -2.29. The SMILES string of the molecule is CC(N)c1nc2cccc(C(F)(F)F)c2c(=O)n1-c1cccnc1. The van der Waals surface area contributed by atoms with Gasteiger partial charge in [0.25, 0.3) is 5.56 Å². The summed E-state index contributed by atoms with van der Waals surface area (Å²) < 4.78 is 40.9. The van der Waals surface area contributed by atoms with Gasteiger partial charge in [0, 0.05) is 6.20 Å². The molecule has 1 aromatic carbocycles. The largest absolute Gasteiger partial charge is 0.417 e. The van der Waals surface area contributed by atoms with Crippen LogP contribution in [0.4, 0.5) is 13.2 Å². The van der Waals surface area contributed by atoms with Crippen molar-refractivity contribution >= 4 is 10.9 Å². The third-order valence-electron chi connectivity index (χ3n) is 3.54. The van der Waals surface area contributed by atoms with E-state index in [1.54, 1.807) is 19.1 Å². The van der Waals surface area contributed by atoms with E-state index in [2.05, 4.69) is 9.97 Å². The Bertz CT molecular complexity index is 949. The summed E-state index contributed by atoms with van der Waals surface area (Å²) in [5, 5.41) is -0.488. The first-order valence-electron chi connectivity index (χ1n) is 7.09. The molecule has 2 heterocycles. The summed E-state index contributed by atoms with van der Waals surface area (Å²) in [6.07, 6.45) is -1.80. The Morgan fingerprint density at radius 2 is 1.96 bits per heavy atom. The minimum Gasteiger partial charge on any atom is -0.322 e. The molecule has 0 aliphatic carbocycles. The fraction of sp³-hybridized carbons (Fsp3) is 0.188. The van der Waals surface area contributed by atoms with E-state index in [0.29, 0.717) is 5.69 Å². The van der Waals surface area contributed by atoms with Crippen LogP contribution in [0.5, 0.6) is 0 Å². The molecule has 5 nitrogen and oxygen atoms in total. The quantitative estimate of drug-likeness (QED) is 0.782. The number of fused-ring (bicyclic) bond motifs is 1. The van der Waals surface area contributed by atoms with Crippen molar-refractivity contribution in [1.82, 2.24) is 14.5 Å². The van der Waals surface area contributed by atoms with Crippen LogP contribution in [0.25, 0.3) is 16.6 Å². The van der Waals surface area contributed by atoms with Gasteiger partial charge in [0.05, 0.1) is 34.4 Å². The van der Waals surface area contributed by atoms with Gasteiger partial charge < -0.3 is 5.73 Å². The highest BCUT2D eigenvalue weighted by Crippen LogP contribution is 2.33. The van der Waals surface area contributed by atoms with Gasteiger partial charge in [0.1, 0.15) is 5.82 Å². The van der Waals surface area contributed by atoms with Gasteiger partial charge in [0.2, 0.25) is 0 Å². The first-order chi connectivity index (χ1) is 11.3. The Hall–Kier alpha value is -2.74. The molecule has 3 rings (SSSR count). The van der Waals surface area contributed by atoms with Gasteiger partial charge in [-0.25, -0.2) is 4.98 Å². The Balaban J connectivity index is 2.49. The highest BCUT2D eigenvalue weighted by Gasteiger charge is 2.34. The Kier molecular flexibility index (Phi) is 3.84. The summed E-state index contributed by atoms with van der Waals surface area (Å²) >= 11 is 0. The lowest BCUT2D eigenvalue weighted by molar-refractivity contribution is -0.136. The molecule has 1 unspecified atom stereocenters. The van der Waals surface area contributed by atoms with Crippen molar-refractivity contribution in [2.45, 2.75) is 19.1 Å². The summed E-state index contributed by atoms with van der Waals surface area (Å²) in [4.78, 5) is 21.0. The molecule has 2 N–H and O–H groups in total. The first-order valence-corrected chi connectivity index (χ1v) is 7.09. The second-order valence-electron chi connectivity index (χ2n) is 5.31. The Morgan fingerprint density at radius 1 is 1.21 bits per heavy atom. The lowest BCUT2D eigenvalue weighted by atomic mass is 10.1. The minimum absolute atomic E-state index is 0.0396. The van der Waals surface area contributed by atoms with Crippen LogP contribution in [-0.2, 0) is 6.18 Å². The molecule has 0 saturated heterocycles.